The first-order chi connectivity index (χ1) is 5.36. The first kappa shape index (κ1) is 11.1. The van der Waals surface area contributed by atoms with Crippen molar-refractivity contribution in [3.05, 3.63) is 0 Å². The number of amides is 1. The minimum atomic E-state index is -1.60. The maximum absolute atomic E-state index is 11.3. The summed E-state index contributed by atoms with van der Waals surface area (Å²) >= 11 is 0. The molecule has 2 atom stereocenters. The molecule has 0 aliphatic rings. The summed E-state index contributed by atoms with van der Waals surface area (Å²) in [5.74, 6) is -1.34. The Bertz CT molecular complexity index is 203. The smallest absolute Gasteiger partial charge is 0.245 e. The molecule has 0 saturated heterocycles. The zero-order valence-electron chi connectivity index (χ0n) is 7.33. The molecule has 5 heteroatoms. The molecule has 0 unspecified atom stereocenters. The van der Waals surface area contributed by atoms with Crippen LogP contribution in [0.25, 0.3) is 0 Å². The molecule has 0 heterocycles. The number of ketones is 1. The highest BCUT2D eigenvalue weighted by Crippen LogP contribution is 2.08. The van der Waals surface area contributed by atoms with Gasteiger partial charge in [-0.2, -0.15) is 0 Å². The molecule has 6 N–H and O–H groups in total. The molecule has 0 aromatic carbocycles. The molecule has 0 aromatic heterocycles. The molecule has 5 nitrogen and oxygen atoms in total. The molecule has 0 spiro atoms. The van der Waals surface area contributed by atoms with Gasteiger partial charge >= 0.3 is 0 Å². The molecular weight excluding hydrogens is 158 g/mol. The Morgan fingerprint density at radius 3 is 2.00 bits per heavy atom. The molecule has 0 aliphatic carbocycles. The third-order valence-electron chi connectivity index (χ3n) is 1.85. The summed E-state index contributed by atoms with van der Waals surface area (Å²) in [6.07, 6.45) is 0.169. The van der Waals surface area contributed by atoms with E-state index in [0.717, 1.165) is 0 Å². The van der Waals surface area contributed by atoms with Crippen molar-refractivity contribution in [3.63, 3.8) is 0 Å². The fourth-order valence-corrected chi connectivity index (χ4v) is 0.876. The molecular formula is C7H15N3O2. The highest BCUT2D eigenvalue weighted by molar-refractivity contribution is 6.11. The monoisotopic (exact) mass is 173 g/mol. The maximum atomic E-state index is 11.3. The lowest BCUT2D eigenvalue weighted by atomic mass is 9.88. The summed E-state index contributed by atoms with van der Waals surface area (Å²) in [6.45, 7) is 3.09. The van der Waals surface area contributed by atoms with Crippen LogP contribution < -0.4 is 17.2 Å². The van der Waals surface area contributed by atoms with Crippen molar-refractivity contribution in [2.24, 2.45) is 17.2 Å². The van der Waals surface area contributed by atoms with E-state index in [1.165, 1.54) is 6.92 Å². The number of rotatable bonds is 4. The van der Waals surface area contributed by atoms with E-state index in [1.54, 1.807) is 6.92 Å². The van der Waals surface area contributed by atoms with E-state index in [9.17, 15) is 9.59 Å². The van der Waals surface area contributed by atoms with Crippen LogP contribution in [0.15, 0.2) is 0 Å². The largest absolute Gasteiger partial charge is 0.368 e. The van der Waals surface area contributed by atoms with Gasteiger partial charge in [0, 0.05) is 0 Å². The van der Waals surface area contributed by atoms with Gasteiger partial charge in [-0.15, -0.1) is 0 Å². The van der Waals surface area contributed by atoms with Crippen LogP contribution in [0.4, 0.5) is 0 Å². The van der Waals surface area contributed by atoms with Gasteiger partial charge in [0.1, 0.15) is 0 Å². The lowest BCUT2D eigenvalue weighted by molar-refractivity contribution is -0.134. The number of hydrogen-bond acceptors (Lipinski definition) is 4. The van der Waals surface area contributed by atoms with E-state index in [2.05, 4.69) is 0 Å². The van der Waals surface area contributed by atoms with E-state index in [4.69, 9.17) is 17.2 Å². The van der Waals surface area contributed by atoms with Crippen LogP contribution in [-0.4, -0.2) is 23.3 Å². The second kappa shape index (κ2) is 3.64. The van der Waals surface area contributed by atoms with Crippen molar-refractivity contribution < 1.29 is 9.59 Å². The topological polar surface area (TPSA) is 112 Å². The highest BCUT2D eigenvalue weighted by atomic mass is 16.2. The van der Waals surface area contributed by atoms with Crippen molar-refractivity contribution in [3.8, 4) is 0 Å². The van der Waals surface area contributed by atoms with Crippen molar-refractivity contribution in [1.29, 1.82) is 0 Å². The van der Waals surface area contributed by atoms with Crippen molar-refractivity contribution in [1.82, 2.24) is 0 Å². The summed E-state index contributed by atoms with van der Waals surface area (Å²) in [6, 6.07) is -0.762. The normalized spacial score (nSPS) is 18.0. The number of primary amides is 1. The van der Waals surface area contributed by atoms with Crippen LogP contribution in [0.3, 0.4) is 0 Å². The van der Waals surface area contributed by atoms with Gasteiger partial charge < -0.3 is 17.2 Å². The van der Waals surface area contributed by atoms with E-state index in [-0.39, 0.29) is 6.42 Å². The molecule has 12 heavy (non-hydrogen) atoms. The van der Waals surface area contributed by atoms with E-state index >= 15 is 0 Å². The van der Waals surface area contributed by atoms with Gasteiger partial charge in [0.25, 0.3) is 0 Å². The SMILES string of the molecule is CC[C@@](N)(C(N)=O)C(=O)[C@H](C)N. The Kier molecular flexibility index (Phi) is 3.36. The second-order valence-electron chi connectivity index (χ2n) is 2.84. The van der Waals surface area contributed by atoms with Crippen molar-refractivity contribution >= 4 is 11.7 Å². The third kappa shape index (κ3) is 1.80. The van der Waals surface area contributed by atoms with E-state index in [1.807, 2.05) is 0 Å². The fraction of sp³-hybridized carbons (Fsp3) is 0.714. The first-order valence-corrected chi connectivity index (χ1v) is 3.75. The highest BCUT2D eigenvalue weighted by Gasteiger charge is 2.39. The molecule has 0 radical (unpaired) electrons. The van der Waals surface area contributed by atoms with Gasteiger partial charge in [0.05, 0.1) is 6.04 Å². The number of Topliss-reactive ketones (excluding diaryl/α,β-unsaturated/α-hetero) is 1. The van der Waals surface area contributed by atoms with Crippen LogP contribution in [0.1, 0.15) is 20.3 Å². The summed E-state index contributed by atoms with van der Waals surface area (Å²) in [4.78, 5) is 22.1. The van der Waals surface area contributed by atoms with Gasteiger partial charge in [0.2, 0.25) is 5.91 Å². The van der Waals surface area contributed by atoms with Gasteiger partial charge in [0.15, 0.2) is 11.3 Å². The van der Waals surface area contributed by atoms with Gasteiger partial charge in [-0.25, -0.2) is 0 Å². The average Bonchev–Trinajstić information content (AvgIpc) is 2.01. The molecule has 1 amide bonds. The Labute approximate surface area is 71.3 Å². The standard InChI is InChI=1S/C7H15N3O2/c1-3-7(10,6(9)12)5(11)4(2)8/h4H,3,8,10H2,1-2H3,(H2,9,12)/t4-,7-/m0/s1. The first-order valence-electron chi connectivity index (χ1n) is 3.75. The van der Waals surface area contributed by atoms with Crippen LogP contribution >= 0.6 is 0 Å². The zero-order chi connectivity index (χ0) is 9.94. The summed E-state index contributed by atoms with van der Waals surface area (Å²) in [5.41, 5.74) is 14.2. The number of carbonyl (C=O) groups excluding carboxylic acids is 2. The van der Waals surface area contributed by atoms with Crippen LogP contribution in [0.5, 0.6) is 0 Å². The molecule has 0 fully saturated rings. The van der Waals surface area contributed by atoms with Crippen LogP contribution in [-0.2, 0) is 9.59 Å². The Morgan fingerprint density at radius 1 is 1.50 bits per heavy atom. The predicted octanol–water partition coefficient (Wildman–Crippen LogP) is -1.50. The lowest BCUT2D eigenvalue weighted by Gasteiger charge is -2.24. The van der Waals surface area contributed by atoms with Gasteiger partial charge in [-0.3, -0.25) is 9.59 Å². The average molecular weight is 173 g/mol. The lowest BCUT2D eigenvalue weighted by Crippen LogP contribution is -2.61. The fourth-order valence-electron chi connectivity index (χ4n) is 0.876. The Morgan fingerprint density at radius 2 is 1.92 bits per heavy atom. The van der Waals surface area contributed by atoms with Crippen LogP contribution in [0.2, 0.25) is 0 Å². The molecule has 0 bridgehead atoms. The van der Waals surface area contributed by atoms with E-state index < -0.39 is 23.3 Å². The van der Waals surface area contributed by atoms with Crippen molar-refractivity contribution in [2.45, 2.75) is 31.8 Å². The molecule has 0 aliphatic heterocycles. The predicted molar refractivity (Wildman–Crippen MR) is 45.1 cm³/mol. The third-order valence-corrected chi connectivity index (χ3v) is 1.85. The van der Waals surface area contributed by atoms with Gasteiger partial charge in [-0.1, -0.05) is 6.92 Å². The molecule has 70 valence electrons. The molecule has 0 rings (SSSR count). The zero-order valence-corrected chi connectivity index (χ0v) is 7.33. The summed E-state index contributed by atoms with van der Waals surface area (Å²) in [5, 5.41) is 0. The van der Waals surface area contributed by atoms with E-state index in [0.29, 0.717) is 0 Å². The minimum Gasteiger partial charge on any atom is -0.368 e. The van der Waals surface area contributed by atoms with Crippen molar-refractivity contribution in [2.75, 3.05) is 0 Å². The summed E-state index contributed by atoms with van der Waals surface area (Å²) < 4.78 is 0. The quantitative estimate of drug-likeness (QED) is 0.449. The number of nitrogens with two attached hydrogens (primary N) is 3. The molecule has 0 aromatic rings. The van der Waals surface area contributed by atoms with Gasteiger partial charge in [-0.05, 0) is 13.3 Å². The second-order valence-corrected chi connectivity index (χ2v) is 2.84. The summed E-state index contributed by atoms with van der Waals surface area (Å²) in [7, 11) is 0. The molecule has 0 saturated carbocycles. The number of carbonyl (C=O) groups is 2. The number of hydrogen-bond donors (Lipinski definition) is 3. The maximum Gasteiger partial charge on any atom is 0.245 e. The Hall–Kier alpha value is -0.940. The minimum absolute atomic E-state index is 0.169. The van der Waals surface area contributed by atoms with Crippen LogP contribution in [0, 0.1) is 0 Å². The Balaban J connectivity index is 4.76.